The van der Waals surface area contributed by atoms with Crippen molar-refractivity contribution in [3.05, 3.63) is 22.4 Å². The highest BCUT2D eigenvalue weighted by Gasteiger charge is 2.15. The predicted octanol–water partition coefficient (Wildman–Crippen LogP) is 1.98. The summed E-state index contributed by atoms with van der Waals surface area (Å²) >= 11 is 1.70. The highest BCUT2D eigenvalue weighted by Crippen LogP contribution is 2.12. The van der Waals surface area contributed by atoms with E-state index in [1.165, 1.54) is 4.88 Å². The normalized spacial score (nSPS) is 19.9. The third-order valence-corrected chi connectivity index (χ3v) is 3.67. The van der Waals surface area contributed by atoms with Gasteiger partial charge in [-0.1, -0.05) is 6.07 Å². The fourth-order valence-electron chi connectivity index (χ4n) is 1.81. The van der Waals surface area contributed by atoms with Crippen LogP contribution in [0.2, 0.25) is 0 Å². The summed E-state index contributed by atoms with van der Waals surface area (Å²) in [5.41, 5.74) is 0. The molecule has 1 aliphatic rings. The van der Waals surface area contributed by atoms with Crippen LogP contribution in [0.4, 0.5) is 0 Å². The Morgan fingerprint density at radius 3 is 3.25 bits per heavy atom. The first-order valence-electron chi connectivity index (χ1n) is 5.75. The Morgan fingerprint density at radius 1 is 1.62 bits per heavy atom. The molecule has 3 nitrogen and oxygen atoms in total. The largest absolute Gasteiger partial charge is 0.376 e. The first-order chi connectivity index (χ1) is 7.84. The minimum absolute atomic E-state index is 0.129. The molecule has 1 fully saturated rings. The lowest BCUT2D eigenvalue weighted by atomic mass is 10.2. The average molecular weight is 239 g/mol. The second kappa shape index (κ2) is 6.01. The van der Waals surface area contributed by atoms with E-state index in [0.717, 1.165) is 25.9 Å². The summed E-state index contributed by atoms with van der Waals surface area (Å²) in [7, 11) is 0. The van der Waals surface area contributed by atoms with Crippen molar-refractivity contribution in [1.82, 2.24) is 5.32 Å². The summed E-state index contributed by atoms with van der Waals surface area (Å²) in [5, 5.41) is 4.97. The van der Waals surface area contributed by atoms with Crippen LogP contribution in [-0.2, 0) is 16.0 Å². The zero-order chi connectivity index (χ0) is 11.2. The van der Waals surface area contributed by atoms with Crippen molar-refractivity contribution in [1.29, 1.82) is 0 Å². The fraction of sp³-hybridized carbons (Fsp3) is 0.583. The Hall–Kier alpha value is -0.870. The fourth-order valence-corrected chi connectivity index (χ4v) is 2.52. The number of thiophene rings is 1. The number of rotatable bonds is 5. The van der Waals surface area contributed by atoms with Gasteiger partial charge in [-0.3, -0.25) is 4.79 Å². The lowest BCUT2D eigenvalue weighted by Gasteiger charge is -2.10. The molecule has 0 bridgehead atoms. The molecule has 1 aromatic rings. The van der Waals surface area contributed by atoms with E-state index in [2.05, 4.69) is 11.4 Å². The molecular weight excluding hydrogens is 222 g/mol. The van der Waals surface area contributed by atoms with Crippen molar-refractivity contribution in [3.8, 4) is 0 Å². The topological polar surface area (TPSA) is 38.3 Å². The van der Waals surface area contributed by atoms with Crippen LogP contribution in [0.5, 0.6) is 0 Å². The molecule has 4 heteroatoms. The molecule has 16 heavy (non-hydrogen) atoms. The number of amides is 1. The third-order valence-electron chi connectivity index (χ3n) is 2.73. The van der Waals surface area contributed by atoms with Gasteiger partial charge in [0, 0.05) is 24.4 Å². The van der Waals surface area contributed by atoms with Gasteiger partial charge in [-0.2, -0.15) is 0 Å². The van der Waals surface area contributed by atoms with Crippen LogP contribution in [0.3, 0.4) is 0 Å². The van der Waals surface area contributed by atoms with Crippen LogP contribution < -0.4 is 5.32 Å². The molecule has 1 unspecified atom stereocenters. The number of ether oxygens (including phenoxy) is 1. The molecule has 1 atom stereocenters. The maximum atomic E-state index is 11.5. The number of nitrogens with one attached hydrogen (secondary N) is 1. The molecule has 88 valence electrons. The molecule has 1 aliphatic heterocycles. The number of carbonyl (C=O) groups is 1. The maximum Gasteiger partial charge on any atom is 0.220 e. The molecular formula is C12H17NO2S. The van der Waals surface area contributed by atoms with E-state index in [9.17, 15) is 4.79 Å². The van der Waals surface area contributed by atoms with Crippen molar-refractivity contribution >= 4 is 17.2 Å². The van der Waals surface area contributed by atoms with Crippen molar-refractivity contribution in [3.63, 3.8) is 0 Å². The van der Waals surface area contributed by atoms with Crippen LogP contribution in [-0.4, -0.2) is 25.2 Å². The summed E-state index contributed by atoms with van der Waals surface area (Å²) in [5.74, 6) is 0.129. The van der Waals surface area contributed by atoms with Crippen LogP contribution in [0.15, 0.2) is 17.5 Å². The van der Waals surface area contributed by atoms with Gasteiger partial charge in [0.1, 0.15) is 0 Å². The van der Waals surface area contributed by atoms with Gasteiger partial charge in [0.15, 0.2) is 0 Å². The summed E-state index contributed by atoms with van der Waals surface area (Å²) < 4.78 is 5.44. The van der Waals surface area contributed by atoms with E-state index in [4.69, 9.17) is 4.74 Å². The van der Waals surface area contributed by atoms with Crippen LogP contribution in [0, 0.1) is 0 Å². The standard InChI is InChI=1S/C12H17NO2S/c14-12(6-5-11-4-2-8-16-11)13-9-10-3-1-7-15-10/h2,4,8,10H,1,3,5-7,9H2,(H,13,14). The van der Waals surface area contributed by atoms with Gasteiger partial charge >= 0.3 is 0 Å². The lowest BCUT2D eigenvalue weighted by Crippen LogP contribution is -2.31. The molecule has 0 spiro atoms. The number of hydrogen-bond acceptors (Lipinski definition) is 3. The molecule has 0 saturated carbocycles. The molecule has 0 aliphatic carbocycles. The first kappa shape index (κ1) is 11.6. The van der Waals surface area contributed by atoms with Gasteiger partial charge in [-0.15, -0.1) is 11.3 Å². The number of aryl methyl sites for hydroxylation is 1. The molecule has 1 N–H and O–H groups in total. The molecule has 1 saturated heterocycles. The molecule has 1 aromatic heterocycles. The van der Waals surface area contributed by atoms with E-state index in [1.54, 1.807) is 11.3 Å². The highest BCUT2D eigenvalue weighted by atomic mass is 32.1. The Bertz CT molecular complexity index is 318. The smallest absolute Gasteiger partial charge is 0.220 e. The lowest BCUT2D eigenvalue weighted by molar-refractivity contribution is -0.121. The number of hydrogen-bond donors (Lipinski definition) is 1. The minimum Gasteiger partial charge on any atom is -0.376 e. The van der Waals surface area contributed by atoms with Gasteiger partial charge in [0.25, 0.3) is 0 Å². The average Bonchev–Trinajstić information content (AvgIpc) is 2.96. The Morgan fingerprint density at radius 2 is 2.56 bits per heavy atom. The predicted molar refractivity (Wildman–Crippen MR) is 64.6 cm³/mol. The summed E-state index contributed by atoms with van der Waals surface area (Å²) in [4.78, 5) is 12.8. The van der Waals surface area contributed by atoms with E-state index in [1.807, 2.05) is 11.4 Å². The van der Waals surface area contributed by atoms with E-state index >= 15 is 0 Å². The van der Waals surface area contributed by atoms with Crippen molar-refractivity contribution in [2.24, 2.45) is 0 Å². The molecule has 2 rings (SSSR count). The zero-order valence-corrected chi connectivity index (χ0v) is 10.1. The monoisotopic (exact) mass is 239 g/mol. The van der Waals surface area contributed by atoms with Crippen molar-refractivity contribution in [2.45, 2.75) is 31.8 Å². The SMILES string of the molecule is O=C(CCc1cccs1)NCC1CCCO1. The Kier molecular flexibility index (Phi) is 4.36. The van der Waals surface area contributed by atoms with Crippen LogP contribution in [0.1, 0.15) is 24.1 Å². The second-order valence-electron chi connectivity index (χ2n) is 4.02. The van der Waals surface area contributed by atoms with Crippen LogP contribution >= 0.6 is 11.3 Å². The first-order valence-corrected chi connectivity index (χ1v) is 6.63. The zero-order valence-electron chi connectivity index (χ0n) is 9.28. The van der Waals surface area contributed by atoms with Crippen molar-refractivity contribution in [2.75, 3.05) is 13.2 Å². The highest BCUT2D eigenvalue weighted by molar-refractivity contribution is 7.09. The summed E-state index contributed by atoms with van der Waals surface area (Å²) in [6.07, 6.45) is 3.86. The van der Waals surface area contributed by atoms with Crippen LogP contribution in [0.25, 0.3) is 0 Å². The van der Waals surface area contributed by atoms with Crippen molar-refractivity contribution < 1.29 is 9.53 Å². The summed E-state index contributed by atoms with van der Waals surface area (Å²) in [6, 6.07) is 4.09. The maximum absolute atomic E-state index is 11.5. The van der Waals surface area contributed by atoms with Gasteiger partial charge < -0.3 is 10.1 Å². The van der Waals surface area contributed by atoms with Gasteiger partial charge in [-0.25, -0.2) is 0 Å². The van der Waals surface area contributed by atoms with Gasteiger partial charge in [0.05, 0.1) is 6.10 Å². The van der Waals surface area contributed by atoms with Gasteiger partial charge in [0.2, 0.25) is 5.91 Å². The molecule has 0 radical (unpaired) electrons. The quantitative estimate of drug-likeness (QED) is 0.853. The van der Waals surface area contributed by atoms with Gasteiger partial charge in [-0.05, 0) is 30.7 Å². The van der Waals surface area contributed by atoms with E-state index < -0.39 is 0 Å². The number of carbonyl (C=O) groups excluding carboxylic acids is 1. The molecule has 0 aromatic carbocycles. The Balaban J connectivity index is 1.60. The second-order valence-corrected chi connectivity index (χ2v) is 5.05. The van der Waals surface area contributed by atoms with E-state index in [-0.39, 0.29) is 12.0 Å². The third kappa shape index (κ3) is 3.61. The Labute approximate surface area is 99.8 Å². The minimum atomic E-state index is 0.129. The van der Waals surface area contributed by atoms with E-state index in [0.29, 0.717) is 13.0 Å². The molecule has 2 heterocycles. The molecule has 1 amide bonds. The summed E-state index contributed by atoms with van der Waals surface area (Å²) in [6.45, 7) is 1.51.